The minimum absolute atomic E-state index is 0.203. The SMILES string of the molecule is CN1C2=CC=CN(CCc3ccc(O)cc3)C2=Nc2ccccc2S1(=O)=O. The van der Waals surface area contributed by atoms with E-state index in [4.69, 9.17) is 0 Å². The topological polar surface area (TPSA) is 73.2 Å². The van der Waals surface area contributed by atoms with Gasteiger partial charge in [-0.1, -0.05) is 24.3 Å². The Morgan fingerprint density at radius 3 is 2.59 bits per heavy atom. The zero-order valence-corrected chi connectivity index (χ0v) is 15.6. The number of allylic oxidation sites excluding steroid dienone is 2. The molecular weight excluding hydrogens is 362 g/mol. The third-order valence-corrected chi connectivity index (χ3v) is 6.49. The molecule has 2 aliphatic rings. The molecule has 4 rings (SSSR count). The molecule has 7 heteroatoms. The second-order valence-corrected chi connectivity index (χ2v) is 8.32. The van der Waals surface area contributed by atoms with Gasteiger partial charge in [0.05, 0.1) is 11.4 Å². The highest BCUT2D eigenvalue weighted by atomic mass is 32.2. The van der Waals surface area contributed by atoms with Crippen LogP contribution in [0.3, 0.4) is 0 Å². The molecule has 6 nitrogen and oxygen atoms in total. The number of benzene rings is 2. The molecule has 0 saturated carbocycles. The summed E-state index contributed by atoms with van der Waals surface area (Å²) in [6, 6.07) is 13.9. The minimum Gasteiger partial charge on any atom is -0.508 e. The van der Waals surface area contributed by atoms with Gasteiger partial charge in [0.2, 0.25) is 0 Å². The van der Waals surface area contributed by atoms with E-state index >= 15 is 0 Å². The first-order chi connectivity index (χ1) is 13.0. The van der Waals surface area contributed by atoms with Gasteiger partial charge < -0.3 is 10.0 Å². The van der Waals surface area contributed by atoms with E-state index in [1.165, 1.54) is 4.31 Å². The number of phenolic OH excluding ortho intramolecular Hbond substituents is 1. The Labute approximate surface area is 158 Å². The van der Waals surface area contributed by atoms with E-state index in [0.29, 0.717) is 23.8 Å². The van der Waals surface area contributed by atoms with Crippen molar-refractivity contribution in [2.45, 2.75) is 11.3 Å². The number of para-hydroxylation sites is 1. The maximum atomic E-state index is 12.9. The average Bonchev–Trinajstić information content (AvgIpc) is 2.75. The van der Waals surface area contributed by atoms with Gasteiger partial charge in [-0.3, -0.25) is 4.31 Å². The monoisotopic (exact) mass is 381 g/mol. The molecule has 0 unspecified atom stereocenters. The first-order valence-corrected chi connectivity index (χ1v) is 10.0. The van der Waals surface area contributed by atoms with Crippen LogP contribution in [0.25, 0.3) is 0 Å². The van der Waals surface area contributed by atoms with Crippen molar-refractivity contribution >= 4 is 21.5 Å². The highest BCUT2D eigenvalue weighted by Gasteiger charge is 2.33. The molecule has 2 aromatic carbocycles. The Hall–Kier alpha value is -3.06. The number of amidine groups is 1. The molecule has 2 aromatic rings. The van der Waals surface area contributed by atoms with Crippen LogP contribution in [0.5, 0.6) is 5.75 Å². The van der Waals surface area contributed by atoms with Crippen LogP contribution in [0.2, 0.25) is 0 Å². The number of rotatable bonds is 3. The van der Waals surface area contributed by atoms with E-state index in [1.807, 2.05) is 29.3 Å². The molecule has 0 bridgehead atoms. The Bertz CT molecular complexity index is 1070. The van der Waals surface area contributed by atoms with Crippen molar-refractivity contribution in [2.75, 3.05) is 13.6 Å². The van der Waals surface area contributed by atoms with Crippen molar-refractivity contribution in [1.29, 1.82) is 0 Å². The number of hydrogen-bond acceptors (Lipinski definition) is 5. The van der Waals surface area contributed by atoms with Gasteiger partial charge in [-0.25, -0.2) is 13.4 Å². The van der Waals surface area contributed by atoms with E-state index in [1.54, 1.807) is 49.5 Å². The molecule has 0 aliphatic carbocycles. The molecule has 0 spiro atoms. The summed E-state index contributed by atoms with van der Waals surface area (Å²) in [5.41, 5.74) is 2.06. The van der Waals surface area contributed by atoms with Gasteiger partial charge in [-0.15, -0.1) is 0 Å². The Morgan fingerprint density at radius 2 is 1.81 bits per heavy atom. The fourth-order valence-electron chi connectivity index (χ4n) is 3.15. The van der Waals surface area contributed by atoms with Crippen LogP contribution in [-0.4, -0.2) is 42.2 Å². The molecule has 2 aliphatic heterocycles. The lowest BCUT2D eigenvalue weighted by Gasteiger charge is -2.29. The number of phenols is 1. The molecule has 2 heterocycles. The number of aliphatic imine (C=N–C) groups is 1. The average molecular weight is 381 g/mol. The molecule has 0 radical (unpaired) electrons. The maximum Gasteiger partial charge on any atom is 0.266 e. The first kappa shape index (κ1) is 17.4. The number of likely N-dealkylation sites (N-methyl/N-ethyl adjacent to an activating group) is 1. The molecule has 1 N–H and O–H groups in total. The minimum atomic E-state index is -3.66. The number of sulfonamides is 1. The number of hydrogen-bond donors (Lipinski definition) is 1. The second-order valence-electron chi connectivity index (χ2n) is 6.38. The van der Waals surface area contributed by atoms with Gasteiger partial charge in [0.15, 0.2) is 5.84 Å². The highest BCUT2D eigenvalue weighted by Crippen LogP contribution is 2.34. The summed E-state index contributed by atoms with van der Waals surface area (Å²) in [5.74, 6) is 0.839. The largest absolute Gasteiger partial charge is 0.508 e. The summed E-state index contributed by atoms with van der Waals surface area (Å²) < 4.78 is 27.2. The van der Waals surface area contributed by atoms with E-state index in [-0.39, 0.29) is 10.6 Å². The number of aromatic hydroxyl groups is 1. The molecule has 0 fully saturated rings. The van der Waals surface area contributed by atoms with E-state index in [0.717, 1.165) is 12.0 Å². The van der Waals surface area contributed by atoms with E-state index in [2.05, 4.69) is 4.99 Å². The van der Waals surface area contributed by atoms with Crippen LogP contribution in [0.1, 0.15) is 5.56 Å². The quantitative estimate of drug-likeness (QED) is 0.887. The van der Waals surface area contributed by atoms with Crippen LogP contribution in [0.15, 0.2) is 82.5 Å². The Morgan fingerprint density at radius 1 is 1.07 bits per heavy atom. The van der Waals surface area contributed by atoms with E-state index < -0.39 is 10.0 Å². The second kappa shape index (κ2) is 6.59. The molecule has 27 heavy (non-hydrogen) atoms. The van der Waals surface area contributed by atoms with Crippen molar-refractivity contribution < 1.29 is 13.5 Å². The smallest absolute Gasteiger partial charge is 0.266 e. The van der Waals surface area contributed by atoms with Gasteiger partial charge >= 0.3 is 0 Å². The molecule has 138 valence electrons. The fraction of sp³-hybridized carbons (Fsp3) is 0.150. The lowest BCUT2D eigenvalue weighted by Crippen LogP contribution is -2.38. The number of fused-ring (bicyclic) bond motifs is 2. The Kier molecular flexibility index (Phi) is 4.24. The zero-order valence-electron chi connectivity index (χ0n) is 14.8. The van der Waals surface area contributed by atoms with Crippen molar-refractivity contribution in [3.05, 3.63) is 78.1 Å². The molecule has 0 saturated heterocycles. The normalized spacial score (nSPS) is 17.5. The third-order valence-electron chi connectivity index (χ3n) is 4.67. The van der Waals surface area contributed by atoms with Crippen LogP contribution >= 0.6 is 0 Å². The fourth-order valence-corrected chi connectivity index (χ4v) is 4.47. The van der Waals surface area contributed by atoms with E-state index in [9.17, 15) is 13.5 Å². The lowest BCUT2D eigenvalue weighted by molar-refractivity contribution is 0.474. The summed E-state index contributed by atoms with van der Waals surface area (Å²) in [5, 5.41) is 9.42. The summed E-state index contributed by atoms with van der Waals surface area (Å²) in [4.78, 5) is 6.83. The van der Waals surface area contributed by atoms with Gasteiger partial charge in [-0.05, 0) is 48.4 Å². The standard InChI is InChI=1S/C20H19N3O3S/c1-22-18-6-4-13-23(14-12-15-8-10-16(24)11-9-15)20(18)21-17-5-2-3-7-19(17)27(22,25)26/h2-11,13,24H,12,14H2,1H3. The zero-order chi connectivity index (χ0) is 19.0. The Balaban J connectivity index is 1.69. The van der Waals surface area contributed by atoms with Crippen molar-refractivity contribution in [3.63, 3.8) is 0 Å². The summed E-state index contributed by atoms with van der Waals surface area (Å²) in [6.45, 7) is 0.632. The van der Waals surface area contributed by atoms with Gasteiger partial charge in [-0.2, -0.15) is 0 Å². The third kappa shape index (κ3) is 3.10. The molecule has 0 amide bonds. The van der Waals surface area contributed by atoms with Gasteiger partial charge in [0.25, 0.3) is 10.0 Å². The van der Waals surface area contributed by atoms with Crippen LogP contribution < -0.4 is 0 Å². The van der Waals surface area contributed by atoms with Crippen molar-refractivity contribution in [3.8, 4) is 5.75 Å². The first-order valence-electron chi connectivity index (χ1n) is 8.57. The summed E-state index contributed by atoms with van der Waals surface area (Å²) in [7, 11) is -2.11. The summed E-state index contributed by atoms with van der Waals surface area (Å²) in [6.07, 6.45) is 6.22. The summed E-state index contributed by atoms with van der Waals surface area (Å²) >= 11 is 0. The van der Waals surface area contributed by atoms with Crippen LogP contribution in [-0.2, 0) is 16.4 Å². The number of nitrogens with zero attached hydrogens (tertiary/aromatic N) is 3. The van der Waals surface area contributed by atoms with Crippen molar-refractivity contribution in [2.24, 2.45) is 4.99 Å². The highest BCUT2D eigenvalue weighted by molar-refractivity contribution is 7.89. The van der Waals surface area contributed by atoms with Gasteiger partial charge in [0, 0.05) is 19.8 Å². The predicted octanol–water partition coefficient (Wildman–Crippen LogP) is 3.01. The molecular formula is C20H19N3O3S. The predicted molar refractivity (Wildman–Crippen MR) is 104 cm³/mol. The molecule has 0 atom stereocenters. The van der Waals surface area contributed by atoms with Crippen LogP contribution in [0.4, 0.5) is 5.69 Å². The molecule has 0 aromatic heterocycles. The maximum absolute atomic E-state index is 12.9. The van der Waals surface area contributed by atoms with Crippen molar-refractivity contribution in [1.82, 2.24) is 9.21 Å². The van der Waals surface area contributed by atoms with Crippen LogP contribution in [0, 0.1) is 0 Å². The lowest BCUT2D eigenvalue weighted by atomic mass is 10.1. The van der Waals surface area contributed by atoms with Gasteiger partial charge in [0.1, 0.15) is 10.6 Å².